The smallest absolute Gasteiger partial charge is 0.303 e. The first kappa shape index (κ1) is 22.1. The van der Waals surface area contributed by atoms with Crippen LogP contribution in [0.25, 0.3) is 0 Å². The Labute approximate surface area is 176 Å². The second-order valence-corrected chi connectivity index (χ2v) is 7.60. The van der Waals surface area contributed by atoms with Crippen LogP contribution in [-0.4, -0.2) is 61.8 Å². The van der Waals surface area contributed by atoms with Gasteiger partial charge in [0.15, 0.2) is 17.6 Å². The predicted molar refractivity (Wildman–Crippen MR) is 107 cm³/mol. The van der Waals surface area contributed by atoms with Crippen molar-refractivity contribution in [1.29, 1.82) is 0 Å². The molecule has 30 heavy (non-hydrogen) atoms. The van der Waals surface area contributed by atoms with Gasteiger partial charge in [-0.15, -0.1) is 0 Å². The van der Waals surface area contributed by atoms with Crippen LogP contribution < -0.4 is 9.47 Å². The zero-order valence-electron chi connectivity index (χ0n) is 17.7. The van der Waals surface area contributed by atoms with Gasteiger partial charge >= 0.3 is 5.97 Å². The lowest BCUT2D eigenvalue weighted by atomic mass is 9.91. The Morgan fingerprint density at radius 1 is 1.10 bits per heavy atom. The summed E-state index contributed by atoms with van der Waals surface area (Å²) in [5.41, 5.74) is 1.04. The average Bonchev–Trinajstić information content (AvgIpc) is 3.00. The third-order valence-electron chi connectivity index (χ3n) is 5.62. The summed E-state index contributed by atoms with van der Waals surface area (Å²) in [4.78, 5) is 37.6. The molecule has 0 N–H and O–H groups in total. The number of hydrogen-bond acceptors (Lipinski definition) is 7. The van der Waals surface area contributed by atoms with Crippen molar-refractivity contribution < 1.29 is 33.3 Å². The monoisotopic (exact) mass is 419 g/mol. The predicted octanol–water partition coefficient (Wildman–Crippen LogP) is 2.26. The molecule has 0 aromatic heterocycles. The highest BCUT2D eigenvalue weighted by Gasteiger charge is 2.47. The van der Waals surface area contributed by atoms with Crippen LogP contribution in [0, 0.1) is 0 Å². The summed E-state index contributed by atoms with van der Waals surface area (Å²) in [5.74, 6) is 0.0369. The summed E-state index contributed by atoms with van der Waals surface area (Å²) >= 11 is 0. The molecule has 1 aliphatic carbocycles. The van der Waals surface area contributed by atoms with E-state index < -0.39 is 18.0 Å². The van der Waals surface area contributed by atoms with Crippen LogP contribution in [0.1, 0.15) is 44.6 Å². The van der Waals surface area contributed by atoms with Gasteiger partial charge in [-0.2, -0.15) is 0 Å². The molecule has 2 aliphatic rings. The van der Waals surface area contributed by atoms with Gasteiger partial charge in [-0.25, -0.2) is 0 Å². The summed E-state index contributed by atoms with van der Waals surface area (Å²) in [6.07, 6.45) is 2.75. The lowest BCUT2D eigenvalue weighted by Crippen LogP contribution is -2.50. The largest absolute Gasteiger partial charge is 0.493 e. The lowest BCUT2D eigenvalue weighted by molar-refractivity contribution is -0.158. The van der Waals surface area contributed by atoms with Gasteiger partial charge in [-0.1, -0.05) is 18.9 Å². The number of methoxy groups -OCH3 is 2. The van der Waals surface area contributed by atoms with Crippen LogP contribution in [0.15, 0.2) is 18.2 Å². The van der Waals surface area contributed by atoms with Crippen molar-refractivity contribution in [2.45, 2.75) is 63.7 Å². The molecular weight excluding hydrogens is 390 g/mol. The molecule has 1 saturated carbocycles. The van der Waals surface area contributed by atoms with E-state index in [1.807, 2.05) is 18.2 Å². The van der Waals surface area contributed by atoms with Crippen LogP contribution in [-0.2, 0) is 30.3 Å². The molecule has 164 valence electrons. The van der Waals surface area contributed by atoms with E-state index in [1.54, 1.807) is 14.2 Å². The van der Waals surface area contributed by atoms with Crippen LogP contribution in [0.4, 0.5) is 0 Å². The maximum atomic E-state index is 12.7. The molecular formula is C22H29NO7. The van der Waals surface area contributed by atoms with Gasteiger partial charge in [0, 0.05) is 6.92 Å². The molecule has 0 unspecified atom stereocenters. The third-order valence-corrected chi connectivity index (χ3v) is 5.62. The topological polar surface area (TPSA) is 91.4 Å². The van der Waals surface area contributed by atoms with Gasteiger partial charge < -0.3 is 18.9 Å². The molecule has 3 rings (SSSR count). The summed E-state index contributed by atoms with van der Waals surface area (Å²) in [6, 6.07) is 5.41. The first-order valence-corrected chi connectivity index (χ1v) is 10.3. The van der Waals surface area contributed by atoms with E-state index >= 15 is 0 Å². The van der Waals surface area contributed by atoms with Crippen molar-refractivity contribution in [1.82, 2.24) is 4.90 Å². The fraction of sp³-hybridized carbons (Fsp3) is 0.591. The number of ether oxygens (including phenoxy) is 4. The van der Waals surface area contributed by atoms with E-state index in [0.717, 1.165) is 24.8 Å². The molecule has 1 heterocycles. The minimum atomic E-state index is -1.01. The number of imide groups is 1. The van der Waals surface area contributed by atoms with Gasteiger partial charge in [0.2, 0.25) is 5.91 Å². The highest BCUT2D eigenvalue weighted by Crippen LogP contribution is 2.31. The Morgan fingerprint density at radius 2 is 1.83 bits per heavy atom. The van der Waals surface area contributed by atoms with Gasteiger partial charge in [-0.05, 0) is 37.0 Å². The average molecular weight is 419 g/mol. The Kier molecular flexibility index (Phi) is 7.31. The first-order chi connectivity index (χ1) is 14.4. The van der Waals surface area contributed by atoms with Gasteiger partial charge in [0.05, 0.1) is 39.4 Å². The molecule has 1 aromatic carbocycles. The van der Waals surface area contributed by atoms with E-state index in [-0.39, 0.29) is 24.5 Å². The second kappa shape index (κ2) is 9.93. The molecule has 3 atom stereocenters. The number of carbonyl (C=O) groups is 3. The van der Waals surface area contributed by atoms with Gasteiger partial charge in [0.25, 0.3) is 5.91 Å². The van der Waals surface area contributed by atoms with Crippen molar-refractivity contribution >= 4 is 17.8 Å². The normalized spacial score (nSPS) is 24.1. The van der Waals surface area contributed by atoms with Crippen LogP contribution in [0.2, 0.25) is 0 Å². The van der Waals surface area contributed by atoms with E-state index in [1.165, 1.54) is 11.8 Å². The standard InChI is InChI=1S/C22H29NO7/c1-14(24)30-20-13-21(25)23(22(20)26)16-6-4-5-7-17(16)29-11-10-15-8-9-18(27-2)19(12-15)28-3/h8-9,12,16-17,20H,4-7,10-11,13H2,1-3H3/t16-,17+,20-/m1/s1. The van der Waals surface area contributed by atoms with Gasteiger partial charge in [0.1, 0.15) is 0 Å². The van der Waals surface area contributed by atoms with Crippen molar-refractivity contribution in [3.63, 3.8) is 0 Å². The molecule has 2 fully saturated rings. The SMILES string of the molecule is COc1ccc(CCO[C@H]2CCCC[C@H]2N2C(=O)C[C@@H](OC(C)=O)C2=O)cc1OC. The van der Waals surface area contributed by atoms with E-state index in [2.05, 4.69) is 0 Å². The molecule has 2 amide bonds. The van der Waals surface area contributed by atoms with E-state index in [9.17, 15) is 14.4 Å². The van der Waals surface area contributed by atoms with Crippen molar-refractivity contribution in [2.24, 2.45) is 0 Å². The molecule has 8 heteroatoms. The summed E-state index contributed by atoms with van der Waals surface area (Å²) in [5, 5.41) is 0. The van der Waals surface area contributed by atoms with Crippen LogP contribution in [0.5, 0.6) is 11.5 Å². The quantitative estimate of drug-likeness (QED) is 0.471. The zero-order chi connectivity index (χ0) is 21.7. The number of hydrogen-bond donors (Lipinski definition) is 0. The third kappa shape index (κ3) is 4.92. The van der Waals surface area contributed by atoms with Gasteiger partial charge in [-0.3, -0.25) is 19.3 Å². The molecule has 1 saturated heterocycles. The van der Waals surface area contributed by atoms with Crippen LogP contribution in [0.3, 0.4) is 0 Å². The molecule has 1 aromatic rings. The minimum Gasteiger partial charge on any atom is -0.493 e. The number of amides is 2. The number of nitrogens with zero attached hydrogens (tertiary/aromatic N) is 1. The van der Waals surface area contributed by atoms with E-state index in [0.29, 0.717) is 30.9 Å². The summed E-state index contributed by atoms with van der Waals surface area (Å²) in [6.45, 7) is 1.70. The highest BCUT2D eigenvalue weighted by atomic mass is 16.5. The highest BCUT2D eigenvalue weighted by molar-refractivity contribution is 6.06. The lowest BCUT2D eigenvalue weighted by Gasteiger charge is -2.36. The first-order valence-electron chi connectivity index (χ1n) is 10.3. The molecule has 8 nitrogen and oxygen atoms in total. The number of carbonyl (C=O) groups excluding carboxylic acids is 3. The van der Waals surface area contributed by atoms with Crippen molar-refractivity contribution in [2.75, 3.05) is 20.8 Å². The molecule has 0 bridgehead atoms. The number of likely N-dealkylation sites (tertiary alicyclic amines) is 1. The molecule has 0 radical (unpaired) electrons. The fourth-order valence-corrected chi connectivity index (χ4v) is 4.19. The maximum absolute atomic E-state index is 12.7. The number of benzene rings is 1. The minimum absolute atomic E-state index is 0.0900. The Bertz CT molecular complexity index is 794. The number of esters is 1. The number of rotatable bonds is 8. The van der Waals surface area contributed by atoms with E-state index in [4.69, 9.17) is 18.9 Å². The van der Waals surface area contributed by atoms with Crippen LogP contribution >= 0.6 is 0 Å². The van der Waals surface area contributed by atoms with Crippen molar-refractivity contribution in [3.8, 4) is 11.5 Å². The Hall–Kier alpha value is -2.61. The Morgan fingerprint density at radius 3 is 2.53 bits per heavy atom. The second-order valence-electron chi connectivity index (χ2n) is 7.60. The van der Waals surface area contributed by atoms with Crippen molar-refractivity contribution in [3.05, 3.63) is 23.8 Å². The molecule has 1 aliphatic heterocycles. The Balaban J connectivity index is 1.62. The molecule has 0 spiro atoms. The summed E-state index contributed by atoms with van der Waals surface area (Å²) in [7, 11) is 3.19. The maximum Gasteiger partial charge on any atom is 0.303 e. The fourth-order valence-electron chi connectivity index (χ4n) is 4.19. The zero-order valence-corrected chi connectivity index (χ0v) is 17.7. The summed E-state index contributed by atoms with van der Waals surface area (Å²) < 4.78 is 21.7.